The summed E-state index contributed by atoms with van der Waals surface area (Å²) >= 11 is 0. The van der Waals surface area contributed by atoms with E-state index >= 15 is 0 Å². The molecule has 0 aliphatic heterocycles. The fraction of sp³-hybridized carbons (Fsp3) is 0.375. The van der Waals surface area contributed by atoms with Crippen molar-refractivity contribution in [2.75, 3.05) is 5.32 Å². The zero-order chi connectivity index (χ0) is 16.4. The lowest BCUT2D eigenvalue weighted by Gasteiger charge is -2.16. The number of benzene rings is 1. The van der Waals surface area contributed by atoms with E-state index in [1.54, 1.807) is 12.3 Å². The summed E-state index contributed by atoms with van der Waals surface area (Å²) in [5.41, 5.74) is -0.259. The number of carbonyl (C=O) groups excluding carboxylic acids is 1. The van der Waals surface area contributed by atoms with Crippen molar-refractivity contribution in [1.29, 1.82) is 0 Å². The molecule has 1 heterocycles. The summed E-state index contributed by atoms with van der Waals surface area (Å²) < 4.78 is 40.3. The van der Waals surface area contributed by atoms with E-state index in [9.17, 15) is 18.0 Å². The second kappa shape index (κ2) is 6.06. The molecule has 0 atom stereocenters. The maximum atomic E-state index is 12.9. The first-order chi connectivity index (χ1) is 10.9. The number of anilines is 1. The van der Waals surface area contributed by atoms with E-state index in [0.29, 0.717) is 5.69 Å². The summed E-state index contributed by atoms with van der Waals surface area (Å²) in [6.45, 7) is 0. The van der Waals surface area contributed by atoms with Crippen molar-refractivity contribution in [2.24, 2.45) is 5.92 Å². The van der Waals surface area contributed by atoms with Gasteiger partial charge >= 0.3 is 6.18 Å². The average molecular weight is 323 g/mol. The lowest BCUT2D eigenvalue weighted by molar-refractivity contribution is -0.137. The van der Waals surface area contributed by atoms with Crippen LogP contribution in [0.3, 0.4) is 0 Å². The lowest BCUT2D eigenvalue weighted by Crippen LogP contribution is -2.22. The Morgan fingerprint density at radius 1 is 1.26 bits per heavy atom. The first-order valence-corrected chi connectivity index (χ1v) is 7.47. The molecule has 23 heavy (non-hydrogen) atoms. The highest BCUT2D eigenvalue weighted by atomic mass is 19.4. The minimum atomic E-state index is -4.46. The van der Waals surface area contributed by atoms with Gasteiger partial charge in [-0.25, -0.2) is 4.68 Å². The number of alkyl halides is 3. The standard InChI is InChI=1S/C16H16F3N3O/c17-16(18,19)12-6-7-14(22-9-3-8-20-22)13(10-12)21-15(23)11-4-1-2-5-11/h3,6-11H,1-2,4-5H2,(H,21,23). The predicted octanol–water partition coefficient (Wildman–Crippen LogP) is 4.02. The van der Waals surface area contributed by atoms with Crippen molar-refractivity contribution >= 4 is 11.6 Å². The highest BCUT2D eigenvalue weighted by Crippen LogP contribution is 2.34. The largest absolute Gasteiger partial charge is 0.416 e. The number of nitrogens with zero attached hydrogens (tertiary/aromatic N) is 2. The molecule has 1 aromatic carbocycles. The maximum absolute atomic E-state index is 12.9. The Morgan fingerprint density at radius 2 is 2.00 bits per heavy atom. The van der Waals surface area contributed by atoms with Gasteiger partial charge in [0, 0.05) is 18.3 Å². The van der Waals surface area contributed by atoms with Gasteiger partial charge in [0.2, 0.25) is 5.91 Å². The van der Waals surface area contributed by atoms with Crippen LogP contribution in [0, 0.1) is 5.92 Å². The van der Waals surface area contributed by atoms with E-state index in [1.807, 2.05) is 0 Å². The minimum Gasteiger partial charge on any atom is -0.324 e. The highest BCUT2D eigenvalue weighted by Gasteiger charge is 2.32. The number of amides is 1. The smallest absolute Gasteiger partial charge is 0.324 e. The van der Waals surface area contributed by atoms with Gasteiger partial charge < -0.3 is 5.32 Å². The molecule has 0 spiro atoms. The molecule has 1 aromatic heterocycles. The zero-order valence-electron chi connectivity index (χ0n) is 12.3. The molecule has 122 valence electrons. The van der Waals surface area contributed by atoms with Crippen LogP contribution < -0.4 is 5.32 Å². The third-order valence-corrected chi connectivity index (χ3v) is 4.06. The molecule has 0 radical (unpaired) electrons. The normalized spacial score (nSPS) is 15.8. The monoisotopic (exact) mass is 323 g/mol. The molecule has 1 aliphatic rings. The number of carbonyl (C=O) groups is 1. The second-order valence-electron chi connectivity index (χ2n) is 5.65. The van der Waals surface area contributed by atoms with Crippen molar-refractivity contribution in [1.82, 2.24) is 9.78 Å². The molecule has 4 nitrogen and oxygen atoms in total. The van der Waals surface area contributed by atoms with E-state index in [0.717, 1.165) is 37.8 Å². The summed E-state index contributed by atoms with van der Waals surface area (Å²) in [5, 5.41) is 6.68. The molecule has 0 unspecified atom stereocenters. The van der Waals surface area contributed by atoms with E-state index in [1.165, 1.54) is 16.9 Å². The molecule has 0 bridgehead atoms. The van der Waals surface area contributed by atoms with Crippen LogP contribution in [-0.2, 0) is 11.0 Å². The Bertz CT molecular complexity index is 689. The van der Waals surface area contributed by atoms with Crippen molar-refractivity contribution in [3.63, 3.8) is 0 Å². The quantitative estimate of drug-likeness (QED) is 0.927. The predicted molar refractivity (Wildman–Crippen MR) is 79.2 cm³/mol. The van der Waals surface area contributed by atoms with Gasteiger partial charge in [-0.05, 0) is 37.1 Å². The molecule has 3 rings (SSSR count). The zero-order valence-corrected chi connectivity index (χ0v) is 12.3. The van der Waals surface area contributed by atoms with E-state index in [2.05, 4.69) is 10.4 Å². The van der Waals surface area contributed by atoms with E-state index in [-0.39, 0.29) is 17.5 Å². The van der Waals surface area contributed by atoms with Gasteiger partial charge in [-0.2, -0.15) is 18.3 Å². The van der Waals surface area contributed by atoms with Crippen LogP contribution >= 0.6 is 0 Å². The van der Waals surface area contributed by atoms with Crippen molar-refractivity contribution in [2.45, 2.75) is 31.9 Å². The van der Waals surface area contributed by atoms with Crippen LogP contribution in [0.4, 0.5) is 18.9 Å². The maximum Gasteiger partial charge on any atom is 0.416 e. The topological polar surface area (TPSA) is 46.9 Å². The van der Waals surface area contributed by atoms with Crippen LogP contribution in [0.15, 0.2) is 36.7 Å². The van der Waals surface area contributed by atoms with Gasteiger partial charge in [-0.15, -0.1) is 0 Å². The SMILES string of the molecule is O=C(Nc1cc(C(F)(F)F)ccc1-n1cccn1)C1CCCC1. The molecule has 1 fully saturated rings. The van der Waals surface area contributed by atoms with Crippen molar-refractivity contribution in [3.05, 3.63) is 42.2 Å². The van der Waals surface area contributed by atoms with Crippen LogP contribution in [-0.4, -0.2) is 15.7 Å². The summed E-state index contributed by atoms with van der Waals surface area (Å²) in [6, 6.07) is 4.94. The Morgan fingerprint density at radius 3 is 2.61 bits per heavy atom. The molecule has 1 saturated carbocycles. The van der Waals surface area contributed by atoms with E-state index < -0.39 is 11.7 Å². The first kappa shape index (κ1) is 15.6. The number of hydrogen-bond acceptors (Lipinski definition) is 2. The Balaban J connectivity index is 1.95. The third kappa shape index (κ3) is 3.38. The number of hydrogen-bond donors (Lipinski definition) is 1. The van der Waals surface area contributed by atoms with Gasteiger partial charge in [-0.3, -0.25) is 4.79 Å². The summed E-state index contributed by atoms with van der Waals surface area (Å²) in [6.07, 6.45) is 2.20. The fourth-order valence-electron chi connectivity index (χ4n) is 2.85. The number of nitrogens with one attached hydrogen (secondary N) is 1. The van der Waals surface area contributed by atoms with Gasteiger partial charge in [0.15, 0.2) is 0 Å². The van der Waals surface area contributed by atoms with Crippen molar-refractivity contribution in [3.8, 4) is 5.69 Å². The molecule has 0 saturated heterocycles. The molecular formula is C16H16F3N3O. The van der Waals surface area contributed by atoms with Crippen LogP contribution in [0.25, 0.3) is 5.69 Å². The second-order valence-corrected chi connectivity index (χ2v) is 5.65. The summed E-state index contributed by atoms with van der Waals surface area (Å²) in [7, 11) is 0. The van der Waals surface area contributed by atoms with Gasteiger partial charge in [-0.1, -0.05) is 12.8 Å². The fourth-order valence-corrected chi connectivity index (χ4v) is 2.85. The van der Waals surface area contributed by atoms with Crippen molar-refractivity contribution < 1.29 is 18.0 Å². The molecule has 7 heteroatoms. The Kier molecular flexibility index (Phi) is 4.11. The Labute approximate surface area is 131 Å². The van der Waals surface area contributed by atoms with Gasteiger partial charge in [0.1, 0.15) is 0 Å². The van der Waals surface area contributed by atoms with E-state index in [4.69, 9.17) is 0 Å². The molecular weight excluding hydrogens is 307 g/mol. The number of aromatic nitrogens is 2. The summed E-state index contributed by atoms with van der Waals surface area (Å²) in [4.78, 5) is 12.3. The van der Waals surface area contributed by atoms with Gasteiger partial charge in [0.05, 0.1) is 16.9 Å². The molecule has 1 amide bonds. The number of halogens is 3. The summed E-state index contributed by atoms with van der Waals surface area (Å²) in [5.74, 6) is -0.356. The highest BCUT2D eigenvalue weighted by molar-refractivity contribution is 5.94. The molecule has 1 aliphatic carbocycles. The van der Waals surface area contributed by atoms with Crippen LogP contribution in [0.5, 0.6) is 0 Å². The average Bonchev–Trinajstić information content (AvgIpc) is 3.20. The van der Waals surface area contributed by atoms with Gasteiger partial charge in [0.25, 0.3) is 0 Å². The minimum absolute atomic E-state index is 0.125. The van der Waals surface area contributed by atoms with Crippen LogP contribution in [0.2, 0.25) is 0 Å². The van der Waals surface area contributed by atoms with Crippen LogP contribution in [0.1, 0.15) is 31.2 Å². The molecule has 1 N–H and O–H groups in total. The third-order valence-electron chi connectivity index (χ3n) is 4.06. The molecule has 2 aromatic rings. The Hall–Kier alpha value is -2.31. The number of rotatable bonds is 3. The first-order valence-electron chi connectivity index (χ1n) is 7.47. The lowest BCUT2D eigenvalue weighted by atomic mass is 10.1.